The lowest BCUT2D eigenvalue weighted by molar-refractivity contribution is 0.613. The van der Waals surface area contributed by atoms with Crippen molar-refractivity contribution in [2.45, 2.75) is 13.0 Å². The van der Waals surface area contributed by atoms with E-state index in [-0.39, 0.29) is 17.1 Å². The SMILES string of the molecule is C[C@@H](Nc1nc(Cl)ncc1F)c1ccc(Cl)cc1Cl. The molecule has 0 spiro atoms. The van der Waals surface area contributed by atoms with Crippen LogP contribution in [-0.2, 0) is 0 Å². The quantitative estimate of drug-likeness (QED) is 0.829. The van der Waals surface area contributed by atoms with Gasteiger partial charge in [-0.05, 0) is 36.2 Å². The third-order valence-corrected chi connectivity index (χ3v) is 3.24. The summed E-state index contributed by atoms with van der Waals surface area (Å²) in [4.78, 5) is 7.33. The number of halogens is 4. The van der Waals surface area contributed by atoms with Crippen molar-refractivity contribution >= 4 is 40.6 Å². The monoisotopic (exact) mass is 319 g/mol. The maximum Gasteiger partial charge on any atom is 0.224 e. The van der Waals surface area contributed by atoms with Gasteiger partial charge in [-0.15, -0.1) is 0 Å². The van der Waals surface area contributed by atoms with Gasteiger partial charge in [0.25, 0.3) is 0 Å². The molecular formula is C12H9Cl3FN3. The number of aromatic nitrogens is 2. The summed E-state index contributed by atoms with van der Waals surface area (Å²) in [6.45, 7) is 1.82. The van der Waals surface area contributed by atoms with Crippen LogP contribution in [0.25, 0.3) is 0 Å². The van der Waals surface area contributed by atoms with Crippen molar-refractivity contribution in [2.75, 3.05) is 5.32 Å². The maximum atomic E-state index is 13.5. The first kappa shape index (κ1) is 14.3. The largest absolute Gasteiger partial charge is 0.361 e. The number of benzene rings is 1. The third-order valence-electron chi connectivity index (χ3n) is 2.50. The van der Waals surface area contributed by atoms with E-state index in [1.807, 2.05) is 6.92 Å². The van der Waals surface area contributed by atoms with Gasteiger partial charge >= 0.3 is 0 Å². The average molecular weight is 321 g/mol. The van der Waals surface area contributed by atoms with Crippen LogP contribution in [0, 0.1) is 5.82 Å². The topological polar surface area (TPSA) is 37.8 Å². The van der Waals surface area contributed by atoms with Crippen LogP contribution in [0.4, 0.5) is 10.2 Å². The van der Waals surface area contributed by atoms with Gasteiger partial charge in [0.15, 0.2) is 11.6 Å². The van der Waals surface area contributed by atoms with Crippen molar-refractivity contribution in [2.24, 2.45) is 0 Å². The van der Waals surface area contributed by atoms with Crippen LogP contribution < -0.4 is 5.32 Å². The summed E-state index contributed by atoms with van der Waals surface area (Å²) in [7, 11) is 0. The maximum absolute atomic E-state index is 13.5. The van der Waals surface area contributed by atoms with Crippen LogP contribution in [0.3, 0.4) is 0 Å². The van der Waals surface area contributed by atoms with E-state index in [9.17, 15) is 4.39 Å². The zero-order valence-corrected chi connectivity index (χ0v) is 12.1. The summed E-state index contributed by atoms with van der Waals surface area (Å²) in [5.74, 6) is -0.556. The third kappa shape index (κ3) is 3.47. The highest BCUT2D eigenvalue weighted by Gasteiger charge is 2.13. The minimum absolute atomic E-state index is 0.0264. The first-order valence-corrected chi connectivity index (χ1v) is 6.50. The number of hydrogen-bond donors (Lipinski definition) is 1. The minimum Gasteiger partial charge on any atom is -0.361 e. The Bertz CT molecular complexity index is 607. The lowest BCUT2D eigenvalue weighted by Gasteiger charge is -2.16. The summed E-state index contributed by atoms with van der Waals surface area (Å²) >= 11 is 17.5. The highest BCUT2D eigenvalue weighted by Crippen LogP contribution is 2.28. The molecule has 0 amide bonds. The smallest absolute Gasteiger partial charge is 0.224 e. The van der Waals surface area contributed by atoms with Gasteiger partial charge < -0.3 is 5.32 Å². The first-order chi connectivity index (χ1) is 8.97. The fraction of sp³-hybridized carbons (Fsp3) is 0.167. The molecule has 0 unspecified atom stereocenters. The molecule has 0 saturated carbocycles. The van der Waals surface area contributed by atoms with E-state index < -0.39 is 5.82 Å². The van der Waals surface area contributed by atoms with Crippen LogP contribution >= 0.6 is 34.8 Å². The Balaban J connectivity index is 2.25. The van der Waals surface area contributed by atoms with Gasteiger partial charge in [-0.25, -0.2) is 9.37 Å². The van der Waals surface area contributed by atoms with Gasteiger partial charge in [0, 0.05) is 10.0 Å². The molecule has 1 heterocycles. The highest BCUT2D eigenvalue weighted by atomic mass is 35.5. The number of rotatable bonds is 3. The zero-order valence-electron chi connectivity index (χ0n) is 9.79. The zero-order chi connectivity index (χ0) is 14.0. The molecule has 0 radical (unpaired) electrons. The van der Waals surface area contributed by atoms with Gasteiger partial charge in [0.2, 0.25) is 5.28 Å². The van der Waals surface area contributed by atoms with Crippen molar-refractivity contribution in [1.29, 1.82) is 0 Å². The molecule has 2 rings (SSSR count). The predicted molar refractivity (Wildman–Crippen MR) is 75.5 cm³/mol. The molecule has 3 nitrogen and oxygen atoms in total. The molecule has 7 heteroatoms. The van der Waals surface area contributed by atoms with Gasteiger partial charge in [-0.2, -0.15) is 4.98 Å². The van der Waals surface area contributed by atoms with Crippen LogP contribution in [0.15, 0.2) is 24.4 Å². The van der Waals surface area contributed by atoms with Gasteiger partial charge in [0.05, 0.1) is 12.2 Å². The second-order valence-corrected chi connectivity index (χ2v) is 5.05. The molecule has 0 aliphatic rings. The summed E-state index contributed by atoms with van der Waals surface area (Å²) in [6, 6.07) is 4.85. The van der Waals surface area contributed by atoms with E-state index in [2.05, 4.69) is 15.3 Å². The predicted octanol–water partition coefficient (Wildman–Crippen LogP) is 4.75. The standard InChI is InChI=1S/C12H9Cl3FN3/c1-6(8-3-2-7(13)4-9(8)14)18-11-10(16)5-17-12(15)19-11/h2-6H,1H3,(H,17,18,19)/t6-/m1/s1. The van der Waals surface area contributed by atoms with Crippen molar-refractivity contribution in [3.8, 4) is 0 Å². The Morgan fingerprint density at radius 3 is 2.68 bits per heavy atom. The lowest BCUT2D eigenvalue weighted by atomic mass is 10.1. The molecule has 0 aliphatic heterocycles. The van der Waals surface area contributed by atoms with Crippen molar-refractivity contribution in [3.05, 3.63) is 51.1 Å². The minimum atomic E-state index is -0.582. The second kappa shape index (κ2) is 5.90. The van der Waals surface area contributed by atoms with Gasteiger partial charge in [0.1, 0.15) is 0 Å². The van der Waals surface area contributed by atoms with E-state index in [1.54, 1.807) is 18.2 Å². The molecule has 0 bridgehead atoms. The van der Waals surface area contributed by atoms with Crippen molar-refractivity contribution in [3.63, 3.8) is 0 Å². The Morgan fingerprint density at radius 1 is 1.26 bits per heavy atom. The van der Waals surface area contributed by atoms with E-state index in [0.717, 1.165) is 11.8 Å². The molecule has 1 aromatic carbocycles. The van der Waals surface area contributed by atoms with Crippen molar-refractivity contribution < 1.29 is 4.39 Å². The average Bonchev–Trinajstić information content (AvgIpc) is 2.33. The lowest BCUT2D eigenvalue weighted by Crippen LogP contribution is -2.10. The van der Waals surface area contributed by atoms with Crippen LogP contribution in [0.5, 0.6) is 0 Å². The fourth-order valence-electron chi connectivity index (χ4n) is 1.58. The van der Waals surface area contributed by atoms with E-state index in [0.29, 0.717) is 10.0 Å². The molecule has 1 aromatic heterocycles. The molecule has 0 fully saturated rings. The van der Waals surface area contributed by atoms with Gasteiger partial charge in [-0.1, -0.05) is 29.3 Å². The molecule has 19 heavy (non-hydrogen) atoms. The van der Waals surface area contributed by atoms with Crippen LogP contribution in [0.2, 0.25) is 15.3 Å². The van der Waals surface area contributed by atoms with E-state index in [1.165, 1.54) is 0 Å². The normalized spacial score (nSPS) is 12.3. The molecule has 0 aliphatic carbocycles. The molecule has 1 atom stereocenters. The fourth-order valence-corrected chi connectivity index (χ4v) is 2.29. The number of nitrogens with one attached hydrogen (secondary N) is 1. The van der Waals surface area contributed by atoms with E-state index >= 15 is 0 Å². The summed E-state index contributed by atoms with van der Waals surface area (Å²) in [5.41, 5.74) is 0.778. The summed E-state index contributed by atoms with van der Waals surface area (Å²) in [6.07, 6.45) is 1.01. The van der Waals surface area contributed by atoms with E-state index in [4.69, 9.17) is 34.8 Å². The Kier molecular flexibility index (Phi) is 4.45. The number of nitrogens with zero attached hydrogens (tertiary/aromatic N) is 2. The molecular weight excluding hydrogens is 312 g/mol. The Morgan fingerprint density at radius 2 is 2.00 bits per heavy atom. The number of hydrogen-bond acceptors (Lipinski definition) is 3. The van der Waals surface area contributed by atoms with Gasteiger partial charge in [-0.3, -0.25) is 0 Å². The molecule has 100 valence electrons. The summed E-state index contributed by atoms with van der Waals surface area (Å²) < 4.78 is 13.5. The molecule has 1 N–H and O–H groups in total. The second-order valence-electron chi connectivity index (χ2n) is 3.87. The van der Waals surface area contributed by atoms with Crippen molar-refractivity contribution in [1.82, 2.24) is 9.97 Å². The summed E-state index contributed by atoms with van der Waals surface area (Å²) in [5, 5.41) is 3.89. The van der Waals surface area contributed by atoms with Crippen LogP contribution in [-0.4, -0.2) is 9.97 Å². The van der Waals surface area contributed by atoms with Crippen LogP contribution in [0.1, 0.15) is 18.5 Å². The Labute approximate surface area is 124 Å². The first-order valence-electron chi connectivity index (χ1n) is 5.37. The highest BCUT2D eigenvalue weighted by molar-refractivity contribution is 6.35. The number of anilines is 1. The Hall–Kier alpha value is -1.10. The molecule has 2 aromatic rings. The molecule has 0 saturated heterocycles.